The molecule has 2 aromatic heterocycles. The maximum absolute atomic E-state index is 12.9. The van der Waals surface area contributed by atoms with Gasteiger partial charge in [-0.2, -0.15) is 0 Å². The van der Waals surface area contributed by atoms with Gasteiger partial charge in [0.25, 0.3) is 5.91 Å². The second kappa shape index (κ2) is 12.3. The average molecular weight is 469 g/mol. The summed E-state index contributed by atoms with van der Waals surface area (Å²) in [5.41, 5.74) is 2.31. The van der Waals surface area contributed by atoms with Gasteiger partial charge in [0.2, 0.25) is 11.8 Å². The summed E-state index contributed by atoms with van der Waals surface area (Å²) in [4.78, 5) is 44.8. The molecule has 176 valence electrons. The van der Waals surface area contributed by atoms with Crippen LogP contribution in [0.2, 0.25) is 0 Å². The molecule has 0 unspecified atom stereocenters. The topological polar surface area (TPSA) is 91.4 Å². The minimum atomic E-state index is -0.157. The fourth-order valence-corrected chi connectivity index (χ4v) is 4.62. The molecule has 3 heterocycles. The van der Waals surface area contributed by atoms with Crippen molar-refractivity contribution in [2.75, 3.05) is 26.2 Å². The number of aryl methyl sites for hydroxylation is 1. The number of pyridine rings is 1. The second-order valence-electron chi connectivity index (χ2n) is 8.18. The van der Waals surface area contributed by atoms with Crippen molar-refractivity contribution in [3.8, 4) is 0 Å². The van der Waals surface area contributed by atoms with Crippen LogP contribution in [0.1, 0.15) is 58.7 Å². The summed E-state index contributed by atoms with van der Waals surface area (Å²) < 4.78 is 0. The summed E-state index contributed by atoms with van der Waals surface area (Å²) in [6, 6.07) is 7.81. The second-order valence-corrected chi connectivity index (χ2v) is 9.21. The van der Waals surface area contributed by atoms with Gasteiger partial charge in [-0.05, 0) is 56.7 Å². The largest absolute Gasteiger partial charge is 0.352 e. The van der Waals surface area contributed by atoms with E-state index in [1.807, 2.05) is 43.5 Å². The highest BCUT2D eigenvalue weighted by atomic mass is 32.1. The van der Waals surface area contributed by atoms with Crippen LogP contribution in [0.15, 0.2) is 41.8 Å². The van der Waals surface area contributed by atoms with E-state index >= 15 is 0 Å². The molecule has 1 saturated heterocycles. The predicted molar refractivity (Wildman–Crippen MR) is 130 cm³/mol. The molecule has 2 aromatic rings. The van der Waals surface area contributed by atoms with E-state index in [4.69, 9.17) is 4.98 Å². The Kier molecular flexibility index (Phi) is 9.18. The summed E-state index contributed by atoms with van der Waals surface area (Å²) in [5.74, 6) is -0.214. The summed E-state index contributed by atoms with van der Waals surface area (Å²) in [6.45, 7) is 5.55. The number of nitrogens with zero attached hydrogens (tertiary/aromatic N) is 2. The Hall–Kier alpha value is -3.00. The van der Waals surface area contributed by atoms with Gasteiger partial charge in [-0.25, -0.2) is 0 Å². The fraction of sp³-hybridized carbons (Fsp3) is 0.440. The monoisotopic (exact) mass is 468 g/mol. The van der Waals surface area contributed by atoms with E-state index in [2.05, 4.69) is 16.7 Å². The van der Waals surface area contributed by atoms with Crippen LogP contribution < -0.4 is 10.6 Å². The van der Waals surface area contributed by atoms with Crippen molar-refractivity contribution < 1.29 is 14.4 Å². The quantitative estimate of drug-likeness (QED) is 0.553. The highest BCUT2D eigenvalue weighted by Gasteiger charge is 2.28. The fourth-order valence-electron chi connectivity index (χ4n) is 3.91. The number of nitrogens with one attached hydrogen (secondary N) is 2. The van der Waals surface area contributed by atoms with Crippen LogP contribution in [-0.2, 0) is 16.0 Å². The SMILES string of the molecule is C/C=C/CC(=O)NCC(=O)N1CCC(c2nc(C)ccc2C(=O)NCCc2cccs2)CC1. The van der Waals surface area contributed by atoms with Gasteiger partial charge >= 0.3 is 0 Å². The van der Waals surface area contributed by atoms with E-state index < -0.39 is 0 Å². The van der Waals surface area contributed by atoms with E-state index in [0.717, 1.165) is 30.7 Å². The Morgan fingerprint density at radius 2 is 1.97 bits per heavy atom. The zero-order valence-electron chi connectivity index (χ0n) is 19.3. The van der Waals surface area contributed by atoms with E-state index in [1.54, 1.807) is 22.3 Å². The molecule has 1 aliphatic heterocycles. The Bertz CT molecular complexity index is 980. The van der Waals surface area contributed by atoms with Crippen molar-refractivity contribution in [3.63, 3.8) is 0 Å². The number of amides is 3. The lowest BCUT2D eigenvalue weighted by Crippen LogP contribution is -2.44. The molecule has 0 bridgehead atoms. The van der Waals surface area contributed by atoms with E-state index in [-0.39, 0.29) is 36.6 Å². The van der Waals surface area contributed by atoms with Crippen LogP contribution in [-0.4, -0.2) is 53.8 Å². The van der Waals surface area contributed by atoms with Crippen molar-refractivity contribution in [1.29, 1.82) is 0 Å². The van der Waals surface area contributed by atoms with Crippen LogP contribution in [0.3, 0.4) is 0 Å². The normalized spacial score (nSPS) is 14.4. The van der Waals surface area contributed by atoms with Gasteiger partial charge in [0.1, 0.15) is 0 Å². The van der Waals surface area contributed by atoms with Gasteiger partial charge < -0.3 is 15.5 Å². The Balaban J connectivity index is 1.54. The molecule has 1 aliphatic rings. The molecular weight excluding hydrogens is 436 g/mol. The number of hydrogen-bond acceptors (Lipinski definition) is 5. The highest BCUT2D eigenvalue weighted by molar-refractivity contribution is 7.09. The van der Waals surface area contributed by atoms with E-state index in [1.165, 1.54) is 4.88 Å². The maximum Gasteiger partial charge on any atom is 0.253 e. The van der Waals surface area contributed by atoms with Gasteiger partial charge in [0.15, 0.2) is 0 Å². The number of carbonyl (C=O) groups excluding carboxylic acids is 3. The molecular formula is C25H32N4O3S. The van der Waals surface area contributed by atoms with E-state index in [9.17, 15) is 14.4 Å². The number of aromatic nitrogens is 1. The van der Waals surface area contributed by atoms with Gasteiger partial charge in [0, 0.05) is 42.5 Å². The lowest BCUT2D eigenvalue weighted by atomic mass is 9.89. The van der Waals surface area contributed by atoms with Gasteiger partial charge in [-0.1, -0.05) is 18.2 Å². The number of thiophene rings is 1. The molecule has 3 rings (SSSR count). The van der Waals surface area contributed by atoms with Gasteiger partial charge in [0.05, 0.1) is 17.8 Å². The number of allylic oxidation sites excluding steroid dienone is 1. The predicted octanol–water partition coefficient (Wildman–Crippen LogP) is 3.21. The van der Waals surface area contributed by atoms with Crippen molar-refractivity contribution >= 4 is 29.1 Å². The lowest BCUT2D eigenvalue weighted by molar-refractivity contribution is -0.133. The molecule has 2 N–H and O–H groups in total. The van der Waals surface area contributed by atoms with Crippen LogP contribution in [0.25, 0.3) is 0 Å². The molecule has 0 spiro atoms. The number of likely N-dealkylation sites (tertiary alicyclic amines) is 1. The first-order chi connectivity index (χ1) is 16.0. The number of rotatable bonds is 9. The molecule has 0 aromatic carbocycles. The summed E-state index contributed by atoms with van der Waals surface area (Å²) in [6.07, 6.45) is 6.14. The Morgan fingerprint density at radius 3 is 2.67 bits per heavy atom. The van der Waals surface area contributed by atoms with E-state index in [0.29, 0.717) is 25.2 Å². The molecule has 0 aliphatic carbocycles. The zero-order valence-corrected chi connectivity index (χ0v) is 20.1. The third kappa shape index (κ3) is 7.25. The molecule has 0 saturated carbocycles. The maximum atomic E-state index is 12.9. The summed E-state index contributed by atoms with van der Waals surface area (Å²) >= 11 is 1.69. The number of carbonyl (C=O) groups is 3. The number of piperidine rings is 1. The molecule has 0 radical (unpaired) electrons. The third-order valence-electron chi connectivity index (χ3n) is 5.76. The highest BCUT2D eigenvalue weighted by Crippen LogP contribution is 2.29. The third-order valence-corrected chi connectivity index (χ3v) is 6.69. The average Bonchev–Trinajstić information content (AvgIpc) is 3.34. The first kappa shape index (κ1) is 24.6. The molecule has 3 amide bonds. The standard InChI is InChI=1S/C25H32N4O3S/c1-3-4-7-22(30)27-17-23(31)29-14-11-19(12-15-29)24-21(9-8-18(2)28-24)25(32)26-13-10-20-6-5-16-33-20/h3-6,8-9,16,19H,7,10-15,17H2,1-2H3,(H,26,32)(H,27,30)/b4-3+. The van der Waals surface area contributed by atoms with Crippen LogP contribution in [0.4, 0.5) is 0 Å². The first-order valence-electron chi connectivity index (χ1n) is 11.4. The van der Waals surface area contributed by atoms with Crippen molar-refractivity contribution in [2.45, 2.75) is 45.4 Å². The molecule has 0 atom stereocenters. The molecule has 7 nitrogen and oxygen atoms in total. The lowest BCUT2D eigenvalue weighted by Gasteiger charge is -2.32. The van der Waals surface area contributed by atoms with Crippen LogP contribution in [0, 0.1) is 6.92 Å². The Morgan fingerprint density at radius 1 is 1.18 bits per heavy atom. The summed E-state index contributed by atoms with van der Waals surface area (Å²) in [7, 11) is 0. The number of hydrogen-bond donors (Lipinski definition) is 2. The van der Waals surface area contributed by atoms with Crippen LogP contribution in [0.5, 0.6) is 0 Å². The van der Waals surface area contributed by atoms with Gasteiger partial charge in [-0.15, -0.1) is 11.3 Å². The first-order valence-corrected chi connectivity index (χ1v) is 12.3. The summed E-state index contributed by atoms with van der Waals surface area (Å²) in [5, 5.41) is 7.73. The molecule has 1 fully saturated rings. The molecule has 8 heteroatoms. The smallest absolute Gasteiger partial charge is 0.253 e. The minimum absolute atomic E-state index is 0.0155. The van der Waals surface area contributed by atoms with Gasteiger partial charge in [-0.3, -0.25) is 19.4 Å². The zero-order chi connectivity index (χ0) is 23.6. The Labute approximate surface area is 199 Å². The molecule has 33 heavy (non-hydrogen) atoms. The van der Waals surface area contributed by atoms with Crippen molar-refractivity contribution in [1.82, 2.24) is 20.5 Å². The van der Waals surface area contributed by atoms with Crippen molar-refractivity contribution in [3.05, 3.63) is 63.6 Å². The minimum Gasteiger partial charge on any atom is -0.352 e. The van der Waals surface area contributed by atoms with Crippen LogP contribution >= 0.6 is 11.3 Å². The van der Waals surface area contributed by atoms with Crippen molar-refractivity contribution in [2.24, 2.45) is 0 Å².